The van der Waals surface area contributed by atoms with Gasteiger partial charge in [-0.05, 0) is 83.7 Å². The lowest BCUT2D eigenvalue weighted by Crippen LogP contribution is -2.37. The standard InChI is InChI=1S/C24H27BrCl2N6S/c25-19-7-10-23(31-14-19)33(16-18-5-8-21(26)22(27)9-6-18)13-3-12-30-24(34)29-11-2-1-4-20-15-28-17-32-20/h5-8,10,14-15,17H,1-4,11-13,16H2,(H,28,32)(H2,29,30,34). The molecule has 2 aromatic heterocycles. The fourth-order valence-corrected chi connectivity index (χ4v) is 3.95. The van der Waals surface area contributed by atoms with Crippen molar-refractivity contribution >= 4 is 62.3 Å². The molecule has 2 heterocycles. The number of anilines is 1. The summed E-state index contributed by atoms with van der Waals surface area (Å²) in [7, 11) is 0. The molecule has 10 heteroatoms. The van der Waals surface area contributed by atoms with Crippen molar-refractivity contribution < 1.29 is 0 Å². The largest absolute Gasteiger partial charge is 0.363 e. The number of unbranched alkanes of at least 4 members (excludes halogenated alkanes) is 1. The lowest BCUT2D eigenvalue weighted by Gasteiger charge is -2.24. The Bertz CT molecular complexity index is 1060. The van der Waals surface area contributed by atoms with E-state index < -0.39 is 0 Å². The number of nitrogens with one attached hydrogen (secondary N) is 3. The molecule has 180 valence electrons. The van der Waals surface area contributed by atoms with Crippen molar-refractivity contribution in [3.8, 4) is 0 Å². The number of aryl methyl sites for hydroxylation is 1. The first-order valence-corrected chi connectivity index (χ1v) is 13.0. The number of imidazole rings is 1. The van der Waals surface area contributed by atoms with Gasteiger partial charge in [0, 0.05) is 48.7 Å². The van der Waals surface area contributed by atoms with Gasteiger partial charge in [0.25, 0.3) is 0 Å². The molecule has 1 aliphatic rings. The van der Waals surface area contributed by atoms with Crippen LogP contribution in [0, 0.1) is 0 Å². The smallest absolute Gasteiger partial charge is 0.166 e. The number of hydrogen-bond donors (Lipinski definition) is 3. The summed E-state index contributed by atoms with van der Waals surface area (Å²) in [5.41, 5.74) is 5.23. The number of aromatic amines is 1. The Kier molecular flexibility index (Phi) is 11.2. The van der Waals surface area contributed by atoms with Crippen molar-refractivity contribution in [1.29, 1.82) is 0 Å². The highest BCUT2D eigenvalue weighted by molar-refractivity contribution is 9.10. The van der Waals surface area contributed by atoms with Crippen LogP contribution in [0.1, 0.15) is 25.0 Å². The third-order valence-corrected chi connectivity index (χ3v) is 6.53. The van der Waals surface area contributed by atoms with Crippen molar-refractivity contribution in [3.63, 3.8) is 0 Å². The highest BCUT2D eigenvalue weighted by atomic mass is 79.9. The monoisotopic (exact) mass is 580 g/mol. The Hall–Kier alpha value is -2.09. The molecule has 1 aliphatic carbocycles. The van der Waals surface area contributed by atoms with Crippen LogP contribution in [0.5, 0.6) is 0 Å². The molecule has 0 amide bonds. The summed E-state index contributed by atoms with van der Waals surface area (Å²) >= 11 is 21.1. The third kappa shape index (κ3) is 9.28. The fourth-order valence-electron chi connectivity index (χ4n) is 3.27. The quantitative estimate of drug-likeness (QED) is 0.172. The van der Waals surface area contributed by atoms with Gasteiger partial charge in [-0.15, -0.1) is 0 Å². The maximum atomic E-state index is 6.12. The first kappa shape index (κ1) is 26.5. The predicted molar refractivity (Wildman–Crippen MR) is 148 cm³/mol. The summed E-state index contributed by atoms with van der Waals surface area (Å²) < 4.78 is 0.942. The molecule has 0 radical (unpaired) electrons. The molecule has 0 saturated heterocycles. The zero-order valence-electron chi connectivity index (χ0n) is 18.7. The van der Waals surface area contributed by atoms with Gasteiger partial charge < -0.3 is 20.5 Å². The molecule has 0 saturated carbocycles. The van der Waals surface area contributed by atoms with E-state index >= 15 is 0 Å². The van der Waals surface area contributed by atoms with Crippen LogP contribution < -0.4 is 15.5 Å². The van der Waals surface area contributed by atoms with E-state index in [2.05, 4.69) is 52.1 Å². The minimum Gasteiger partial charge on any atom is -0.363 e. The van der Waals surface area contributed by atoms with E-state index in [1.54, 1.807) is 18.6 Å². The molecular weight excluding hydrogens is 555 g/mol. The summed E-state index contributed by atoms with van der Waals surface area (Å²) in [4.78, 5) is 13.9. The number of halogens is 3. The van der Waals surface area contributed by atoms with Gasteiger partial charge in [-0.3, -0.25) is 0 Å². The van der Waals surface area contributed by atoms with Crippen molar-refractivity contribution in [1.82, 2.24) is 25.6 Å². The maximum absolute atomic E-state index is 6.12. The summed E-state index contributed by atoms with van der Waals surface area (Å²) in [5, 5.41) is 8.15. The van der Waals surface area contributed by atoms with Gasteiger partial charge in [-0.2, -0.15) is 0 Å². The number of aromatic nitrogens is 3. The van der Waals surface area contributed by atoms with Crippen LogP contribution in [0.3, 0.4) is 0 Å². The molecule has 6 nitrogen and oxygen atoms in total. The zero-order valence-corrected chi connectivity index (χ0v) is 22.6. The molecule has 0 atom stereocenters. The molecule has 3 rings (SSSR count). The average molecular weight is 582 g/mol. The molecule has 0 unspecified atom stereocenters. The topological polar surface area (TPSA) is 68.9 Å². The molecule has 0 aliphatic heterocycles. The van der Waals surface area contributed by atoms with Gasteiger partial charge in [-0.1, -0.05) is 35.0 Å². The number of thiocarbonyl (C=S) groups is 1. The zero-order chi connectivity index (χ0) is 24.2. The molecule has 0 bridgehead atoms. The highest BCUT2D eigenvalue weighted by Crippen LogP contribution is 2.22. The predicted octanol–water partition coefficient (Wildman–Crippen LogP) is 5.59. The number of hydrogen-bond acceptors (Lipinski definition) is 4. The maximum Gasteiger partial charge on any atom is 0.166 e. The Morgan fingerprint density at radius 3 is 2.68 bits per heavy atom. The second-order valence-corrected chi connectivity index (χ2v) is 9.79. The van der Waals surface area contributed by atoms with Gasteiger partial charge in [-0.25, -0.2) is 9.97 Å². The highest BCUT2D eigenvalue weighted by Gasteiger charge is 2.11. The molecule has 3 N–H and O–H groups in total. The third-order valence-electron chi connectivity index (χ3n) is 5.05. The molecule has 0 spiro atoms. The van der Waals surface area contributed by atoms with E-state index in [0.29, 0.717) is 21.7 Å². The van der Waals surface area contributed by atoms with Crippen molar-refractivity contribution in [2.24, 2.45) is 0 Å². The van der Waals surface area contributed by atoms with E-state index in [9.17, 15) is 0 Å². The summed E-state index contributed by atoms with van der Waals surface area (Å²) in [6.07, 6.45) is 15.0. The summed E-state index contributed by atoms with van der Waals surface area (Å²) in [6, 6.07) is 3.99. The Morgan fingerprint density at radius 1 is 1.12 bits per heavy atom. The molecule has 0 fully saturated rings. The lowest BCUT2D eigenvalue weighted by atomic mass is 10.2. The molecule has 2 aromatic rings. The number of H-pyrrole nitrogens is 1. The van der Waals surface area contributed by atoms with Crippen LogP contribution >= 0.6 is 51.3 Å². The van der Waals surface area contributed by atoms with Crippen LogP contribution in [-0.2, 0) is 6.42 Å². The van der Waals surface area contributed by atoms with Gasteiger partial charge in [0.05, 0.1) is 11.4 Å². The summed E-state index contributed by atoms with van der Waals surface area (Å²) in [6.45, 7) is 3.07. The second-order valence-electron chi connectivity index (χ2n) is 7.69. The van der Waals surface area contributed by atoms with Crippen LogP contribution in [0.4, 0.5) is 5.82 Å². The Labute approximate surface area is 224 Å². The first-order valence-electron chi connectivity index (χ1n) is 11.1. The first-order chi connectivity index (χ1) is 16.5. The van der Waals surface area contributed by atoms with Crippen LogP contribution in [0.2, 0.25) is 0 Å². The molecule has 0 aromatic carbocycles. The number of rotatable bonds is 12. The van der Waals surface area contributed by atoms with E-state index in [-0.39, 0.29) is 0 Å². The number of allylic oxidation sites excluding steroid dienone is 3. The van der Waals surface area contributed by atoms with E-state index in [4.69, 9.17) is 35.4 Å². The van der Waals surface area contributed by atoms with E-state index in [1.165, 1.54) is 5.69 Å². The SMILES string of the molecule is S=C(NCCCCc1cnc[nH]1)NCCCN(CC1=CC=C(Cl)C(Cl)=C=C1)c1ccc(Br)cn1. The van der Waals surface area contributed by atoms with Gasteiger partial charge in [0.2, 0.25) is 0 Å². The normalized spacial score (nSPS) is 13.0. The van der Waals surface area contributed by atoms with Gasteiger partial charge in [0.15, 0.2) is 5.11 Å². The number of pyridine rings is 1. The minimum absolute atomic E-state index is 0.410. The molecule has 34 heavy (non-hydrogen) atoms. The van der Waals surface area contributed by atoms with Crippen LogP contribution in [0.25, 0.3) is 0 Å². The number of nitrogens with zero attached hydrogens (tertiary/aromatic N) is 3. The Morgan fingerprint density at radius 2 is 1.94 bits per heavy atom. The average Bonchev–Trinajstić information content (AvgIpc) is 3.30. The molecular formula is C24H27BrCl2N6S. The van der Waals surface area contributed by atoms with Crippen LogP contribution in [0.15, 0.2) is 74.9 Å². The second kappa shape index (κ2) is 14.3. The Balaban J connectivity index is 1.43. The van der Waals surface area contributed by atoms with Gasteiger partial charge in [0.1, 0.15) is 10.9 Å². The van der Waals surface area contributed by atoms with Crippen LogP contribution in [-0.4, -0.2) is 46.2 Å². The van der Waals surface area contributed by atoms with E-state index in [0.717, 1.165) is 61.2 Å². The fraction of sp³-hybridized carbons (Fsp3) is 0.333. The minimum atomic E-state index is 0.410. The van der Waals surface area contributed by atoms with E-state index in [1.807, 2.05) is 30.5 Å². The van der Waals surface area contributed by atoms with Gasteiger partial charge >= 0.3 is 0 Å². The van der Waals surface area contributed by atoms with Crippen molar-refractivity contribution in [2.75, 3.05) is 31.1 Å². The lowest BCUT2D eigenvalue weighted by molar-refractivity contribution is 0.683. The summed E-state index contributed by atoms with van der Waals surface area (Å²) in [5.74, 6) is 0.893. The van der Waals surface area contributed by atoms with Crippen molar-refractivity contribution in [2.45, 2.75) is 25.7 Å². The van der Waals surface area contributed by atoms with Crippen molar-refractivity contribution in [3.05, 3.63) is 80.6 Å².